The standard InChI is InChI=1S/C19H15N3O3/c23-17-11-25-16-7-6-12(9-15(16)22-17)10-21-19(24)14-5-1-3-13-4-2-8-20-18(13)14/h1-9H,10-11H2,(H,21,24)(H,22,23). The molecule has 2 heterocycles. The number of nitrogens with zero attached hydrogens (tertiary/aromatic N) is 1. The number of hydrogen-bond donors (Lipinski definition) is 2. The first kappa shape index (κ1) is 15.1. The van der Waals surface area contributed by atoms with E-state index in [0.29, 0.717) is 29.1 Å². The smallest absolute Gasteiger partial charge is 0.262 e. The van der Waals surface area contributed by atoms with Gasteiger partial charge in [-0.25, -0.2) is 0 Å². The average molecular weight is 333 g/mol. The van der Waals surface area contributed by atoms with Crippen molar-refractivity contribution in [3.63, 3.8) is 0 Å². The lowest BCUT2D eigenvalue weighted by Gasteiger charge is -2.18. The van der Waals surface area contributed by atoms with Crippen molar-refractivity contribution in [2.45, 2.75) is 6.54 Å². The third kappa shape index (κ3) is 3.01. The Morgan fingerprint density at radius 2 is 2.08 bits per heavy atom. The van der Waals surface area contributed by atoms with Gasteiger partial charge in [-0.2, -0.15) is 0 Å². The zero-order valence-corrected chi connectivity index (χ0v) is 13.3. The van der Waals surface area contributed by atoms with Gasteiger partial charge in [0.25, 0.3) is 11.8 Å². The Labute approximate surface area is 143 Å². The maximum atomic E-state index is 12.5. The van der Waals surface area contributed by atoms with E-state index < -0.39 is 0 Å². The van der Waals surface area contributed by atoms with E-state index in [4.69, 9.17) is 4.74 Å². The van der Waals surface area contributed by atoms with E-state index in [0.717, 1.165) is 10.9 Å². The first-order valence-corrected chi connectivity index (χ1v) is 7.88. The largest absolute Gasteiger partial charge is 0.482 e. The van der Waals surface area contributed by atoms with Crippen LogP contribution in [0.15, 0.2) is 54.7 Å². The second-order valence-electron chi connectivity index (χ2n) is 5.73. The monoisotopic (exact) mass is 333 g/mol. The summed E-state index contributed by atoms with van der Waals surface area (Å²) < 4.78 is 5.33. The molecule has 0 radical (unpaired) electrons. The number of nitrogens with one attached hydrogen (secondary N) is 2. The minimum atomic E-state index is -0.192. The highest BCUT2D eigenvalue weighted by atomic mass is 16.5. The summed E-state index contributed by atoms with van der Waals surface area (Å²) in [6, 6.07) is 14.7. The number of hydrogen-bond acceptors (Lipinski definition) is 4. The first-order valence-electron chi connectivity index (χ1n) is 7.88. The second-order valence-corrected chi connectivity index (χ2v) is 5.73. The molecule has 0 saturated carbocycles. The van der Waals surface area contributed by atoms with Gasteiger partial charge < -0.3 is 15.4 Å². The number of carbonyl (C=O) groups excluding carboxylic acids is 2. The molecule has 0 bridgehead atoms. The van der Waals surface area contributed by atoms with E-state index in [2.05, 4.69) is 15.6 Å². The van der Waals surface area contributed by atoms with Gasteiger partial charge in [-0.05, 0) is 29.8 Å². The molecule has 0 spiro atoms. The number of rotatable bonds is 3. The molecule has 3 aromatic rings. The van der Waals surface area contributed by atoms with Gasteiger partial charge in [0.1, 0.15) is 5.75 Å². The minimum Gasteiger partial charge on any atom is -0.482 e. The molecule has 124 valence electrons. The predicted octanol–water partition coefficient (Wildman–Crippen LogP) is 2.50. The van der Waals surface area contributed by atoms with Gasteiger partial charge in [0.05, 0.1) is 16.8 Å². The zero-order chi connectivity index (χ0) is 17.2. The third-order valence-corrected chi connectivity index (χ3v) is 4.01. The fraction of sp³-hybridized carbons (Fsp3) is 0.105. The van der Waals surface area contributed by atoms with Gasteiger partial charge in [0.15, 0.2) is 6.61 Å². The van der Waals surface area contributed by atoms with Crippen molar-refractivity contribution in [3.05, 3.63) is 65.9 Å². The summed E-state index contributed by atoms with van der Waals surface area (Å²) in [6.07, 6.45) is 1.67. The summed E-state index contributed by atoms with van der Waals surface area (Å²) in [5, 5.41) is 6.57. The lowest BCUT2D eigenvalue weighted by molar-refractivity contribution is -0.118. The SMILES string of the molecule is O=C1COc2ccc(CNC(=O)c3cccc4cccnc34)cc2N1. The first-order chi connectivity index (χ1) is 12.2. The zero-order valence-electron chi connectivity index (χ0n) is 13.3. The minimum absolute atomic E-state index is 0.0250. The topological polar surface area (TPSA) is 80.3 Å². The summed E-state index contributed by atoms with van der Waals surface area (Å²) in [5.41, 5.74) is 2.70. The van der Waals surface area contributed by atoms with Crippen LogP contribution >= 0.6 is 0 Å². The lowest BCUT2D eigenvalue weighted by Crippen LogP contribution is -2.26. The Hall–Kier alpha value is -3.41. The van der Waals surface area contributed by atoms with Gasteiger partial charge in [0.2, 0.25) is 0 Å². The Kier molecular flexibility index (Phi) is 3.78. The van der Waals surface area contributed by atoms with Gasteiger partial charge in [-0.1, -0.05) is 24.3 Å². The van der Waals surface area contributed by atoms with Crippen molar-refractivity contribution < 1.29 is 14.3 Å². The van der Waals surface area contributed by atoms with E-state index in [-0.39, 0.29) is 18.4 Å². The Morgan fingerprint density at radius 1 is 1.20 bits per heavy atom. The molecular weight excluding hydrogens is 318 g/mol. The van der Waals surface area contributed by atoms with Crippen LogP contribution in [-0.2, 0) is 11.3 Å². The molecule has 0 atom stereocenters. The molecule has 1 aliphatic rings. The number of pyridine rings is 1. The summed E-state index contributed by atoms with van der Waals surface area (Å²) in [4.78, 5) is 28.2. The summed E-state index contributed by atoms with van der Waals surface area (Å²) in [7, 11) is 0. The van der Waals surface area contributed by atoms with Crippen molar-refractivity contribution >= 4 is 28.4 Å². The number of carbonyl (C=O) groups is 2. The summed E-state index contributed by atoms with van der Waals surface area (Å²) in [5.74, 6) is 0.255. The van der Waals surface area contributed by atoms with E-state index in [1.807, 2.05) is 30.3 Å². The molecule has 2 aromatic carbocycles. The maximum absolute atomic E-state index is 12.5. The Balaban J connectivity index is 1.52. The lowest BCUT2D eigenvalue weighted by atomic mass is 10.1. The molecule has 0 aliphatic carbocycles. The summed E-state index contributed by atoms with van der Waals surface area (Å²) in [6.45, 7) is 0.363. The highest BCUT2D eigenvalue weighted by Gasteiger charge is 2.16. The fourth-order valence-electron chi connectivity index (χ4n) is 2.81. The van der Waals surface area contributed by atoms with Crippen molar-refractivity contribution in [2.75, 3.05) is 11.9 Å². The number of anilines is 1. The van der Waals surface area contributed by atoms with Crippen LogP contribution in [0.1, 0.15) is 15.9 Å². The van der Waals surface area contributed by atoms with Crippen LogP contribution < -0.4 is 15.4 Å². The van der Waals surface area contributed by atoms with E-state index >= 15 is 0 Å². The number of aromatic nitrogens is 1. The number of amides is 2. The fourth-order valence-corrected chi connectivity index (χ4v) is 2.81. The highest BCUT2D eigenvalue weighted by Crippen LogP contribution is 2.28. The van der Waals surface area contributed by atoms with Crippen LogP contribution in [-0.4, -0.2) is 23.4 Å². The molecule has 6 nitrogen and oxygen atoms in total. The molecule has 2 N–H and O–H groups in total. The van der Waals surface area contributed by atoms with Crippen molar-refractivity contribution in [1.29, 1.82) is 0 Å². The molecular formula is C19H15N3O3. The van der Waals surface area contributed by atoms with Crippen molar-refractivity contribution in [2.24, 2.45) is 0 Å². The second kappa shape index (κ2) is 6.24. The number of fused-ring (bicyclic) bond motifs is 2. The normalized spacial score (nSPS) is 12.9. The third-order valence-electron chi connectivity index (χ3n) is 4.01. The molecule has 0 saturated heterocycles. The van der Waals surface area contributed by atoms with Gasteiger partial charge in [-0.15, -0.1) is 0 Å². The van der Waals surface area contributed by atoms with Crippen LogP contribution in [0.4, 0.5) is 5.69 Å². The number of para-hydroxylation sites is 1. The molecule has 0 fully saturated rings. The number of ether oxygens (including phenoxy) is 1. The van der Waals surface area contributed by atoms with Crippen LogP contribution in [0.5, 0.6) is 5.75 Å². The van der Waals surface area contributed by atoms with Crippen LogP contribution in [0.2, 0.25) is 0 Å². The quantitative estimate of drug-likeness (QED) is 0.772. The molecule has 4 rings (SSSR count). The molecule has 2 amide bonds. The molecule has 1 aromatic heterocycles. The Morgan fingerprint density at radius 3 is 3.00 bits per heavy atom. The van der Waals surface area contributed by atoms with Gasteiger partial charge in [0, 0.05) is 18.1 Å². The van der Waals surface area contributed by atoms with E-state index in [1.165, 1.54) is 0 Å². The van der Waals surface area contributed by atoms with Gasteiger partial charge >= 0.3 is 0 Å². The summed E-state index contributed by atoms with van der Waals surface area (Å²) >= 11 is 0. The molecule has 25 heavy (non-hydrogen) atoms. The maximum Gasteiger partial charge on any atom is 0.262 e. The molecule has 6 heteroatoms. The molecule has 0 unspecified atom stereocenters. The van der Waals surface area contributed by atoms with Crippen molar-refractivity contribution in [3.8, 4) is 5.75 Å². The van der Waals surface area contributed by atoms with Gasteiger partial charge in [-0.3, -0.25) is 14.6 Å². The van der Waals surface area contributed by atoms with Crippen molar-refractivity contribution in [1.82, 2.24) is 10.3 Å². The van der Waals surface area contributed by atoms with E-state index in [9.17, 15) is 9.59 Å². The average Bonchev–Trinajstić information content (AvgIpc) is 2.65. The molecule has 1 aliphatic heterocycles. The van der Waals surface area contributed by atoms with E-state index in [1.54, 1.807) is 24.4 Å². The number of benzene rings is 2. The Bertz CT molecular complexity index is 979. The van der Waals surface area contributed by atoms with Crippen LogP contribution in [0.25, 0.3) is 10.9 Å². The highest BCUT2D eigenvalue weighted by molar-refractivity contribution is 6.05. The van der Waals surface area contributed by atoms with Crippen LogP contribution in [0.3, 0.4) is 0 Å². The predicted molar refractivity (Wildman–Crippen MR) is 93.5 cm³/mol. The van der Waals surface area contributed by atoms with Crippen LogP contribution in [0, 0.1) is 0 Å².